The van der Waals surface area contributed by atoms with Crippen LogP contribution in [-0.2, 0) is 4.74 Å². The van der Waals surface area contributed by atoms with Crippen LogP contribution in [0.25, 0.3) is 10.8 Å². The molecule has 0 aromatic heterocycles. The van der Waals surface area contributed by atoms with Crippen LogP contribution in [0.3, 0.4) is 0 Å². The molecule has 2 fully saturated rings. The molecule has 1 unspecified atom stereocenters. The number of likely N-dealkylation sites (tertiary alicyclic amines) is 1. The van der Waals surface area contributed by atoms with Crippen molar-refractivity contribution in [2.75, 3.05) is 46.0 Å². The van der Waals surface area contributed by atoms with Gasteiger partial charge in [-0.05, 0) is 67.8 Å². The van der Waals surface area contributed by atoms with Gasteiger partial charge in [0, 0.05) is 31.2 Å². The van der Waals surface area contributed by atoms with Crippen LogP contribution < -0.4 is 4.74 Å². The predicted molar refractivity (Wildman–Crippen MR) is 116 cm³/mol. The van der Waals surface area contributed by atoms with Gasteiger partial charge in [-0.3, -0.25) is 4.79 Å². The number of nitrogens with zero attached hydrogens (tertiary/aromatic N) is 2. The van der Waals surface area contributed by atoms with Crippen LogP contribution in [0.2, 0.25) is 0 Å². The number of hydrogen-bond donors (Lipinski definition) is 0. The summed E-state index contributed by atoms with van der Waals surface area (Å²) in [5.41, 5.74) is 0.740. The molecule has 0 bridgehead atoms. The summed E-state index contributed by atoms with van der Waals surface area (Å²) in [6.45, 7) is 7.99. The van der Waals surface area contributed by atoms with Gasteiger partial charge >= 0.3 is 0 Å². The molecule has 1 atom stereocenters. The summed E-state index contributed by atoms with van der Waals surface area (Å²) in [4.78, 5) is 17.1. The quantitative estimate of drug-likeness (QED) is 0.693. The first-order valence-corrected chi connectivity index (χ1v) is 11.0. The van der Waals surface area contributed by atoms with E-state index in [9.17, 15) is 4.79 Å². The molecule has 1 amide bonds. The molecule has 4 rings (SSSR count). The lowest BCUT2D eigenvalue weighted by Crippen LogP contribution is -2.40. The van der Waals surface area contributed by atoms with Crippen molar-refractivity contribution in [1.29, 1.82) is 0 Å². The van der Waals surface area contributed by atoms with E-state index in [0.29, 0.717) is 32.3 Å². The number of benzene rings is 2. The monoisotopic (exact) mass is 396 g/mol. The average molecular weight is 397 g/mol. The highest BCUT2D eigenvalue weighted by Gasteiger charge is 2.19. The molecule has 0 radical (unpaired) electrons. The maximum Gasteiger partial charge on any atom is 0.254 e. The second-order valence-corrected chi connectivity index (χ2v) is 8.21. The fourth-order valence-corrected chi connectivity index (χ4v) is 4.34. The molecule has 5 nitrogen and oxygen atoms in total. The molecule has 2 aliphatic heterocycles. The summed E-state index contributed by atoms with van der Waals surface area (Å²) in [5, 5.41) is 2.17. The first-order valence-electron chi connectivity index (χ1n) is 11.0. The molecule has 2 aromatic carbocycles. The first kappa shape index (κ1) is 20.2. The molecule has 2 saturated heterocycles. The second kappa shape index (κ2) is 9.59. The van der Waals surface area contributed by atoms with Crippen molar-refractivity contribution < 1.29 is 14.3 Å². The number of rotatable bonds is 6. The highest BCUT2D eigenvalue weighted by atomic mass is 16.5. The van der Waals surface area contributed by atoms with Gasteiger partial charge in [-0.25, -0.2) is 0 Å². The van der Waals surface area contributed by atoms with Gasteiger partial charge in [-0.2, -0.15) is 0 Å². The summed E-state index contributed by atoms with van der Waals surface area (Å²) in [6.07, 6.45) is 5.06. The fourth-order valence-electron chi connectivity index (χ4n) is 4.34. The summed E-state index contributed by atoms with van der Waals surface area (Å²) in [7, 11) is 0. The van der Waals surface area contributed by atoms with E-state index >= 15 is 0 Å². The van der Waals surface area contributed by atoms with Crippen molar-refractivity contribution >= 4 is 16.7 Å². The van der Waals surface area contributed by atoms with E-state index in [0.717, 1.165) is 41.7 Å². The SMILES string of the molecule is CC1CCCCN1CCCOc1ccc2cc(C(=O)N3CCOCC3)ccc2c1. The minimum absolute atomic E-state index is 0.0856. The number of ether oxygens (including phenoxy) is 2. The van der Waals surface area contributed by atoms with E-state index in [1.54, 1.807) is 0 Å². The van der Waals surface area contributed by atoms with Crippen LogP contribution in [0.5, 0.6) is 5.75 Å². The van der Waals surface area contributed by atoms with Crippen LogP contribution in [0, 0.1) is 0 Å². The van der Waals surface area contributed by atoms with Gasteiger partial charge in [0.25, 0.3) is 5.91 Å². The minimum atomic E-state index is 0.0856. The van der Waals surface area contributed by atoms with Crippen LogP contribution in [0.1, 0.15) is 43.0 Å². The Bertz CT molecular complexity index is 832. The van der Waals surface area contributed by atoms with E-state index in [2.05, 4.69) is 17.9 Å². The topological polar surface area (TPSA) is 42.0 Å². The lowest BCUT2D eigenvalue weighted by molar-refractivity contribution is 0.0303. The van der Waals surface area contributed by atoms with Crippen LogP contribution in [0.15, 0.2) is 36.4 Å². The highest BCUT2D eigenvalue weighted by molar-refractivity contribution is 5.98. The third kappa shape index (κ3) is 5.09. The van der Waals surface area contributed by atoms with Crippen molar-refractivity contribution in [3.8, 4) is 5.75 Å². The Hall–Kier alpha value is -2.11. The second-order valence-electron chi connectivity index (χ2n) is 8.21. The van der Waals surface area contributed by atoms with Gasteiger partial charge in [0.15, 0.2) is 0 Å². The third-order valence-corrected chi connectivity index (χ3v) is 6.16. The van der Waals surface area contributed by atoms with E-state index in [1.165, 1.54) is 25.8 Å². The lowest BCUT2D eigenvalue weighted by Gasteiger charge is -2.33. The molecule has 0 spiro atoms. The fraction of sp³-hybridized carbons (Fsp3) is 0.542. The lowest BCUT2D eigenvalue weighted by atomic mass is 10.0. The smallest absolute Gasteiger partial charge is 0.254 e. The normalized spacial score (nSPS) is 20.7. The Balaban J connectivity index is 1.32. The van der Waals surface area contributed by atoms with Crippen LogP contribution in [-0.4, -0.2) is 67.7 Å². The largest absolute Gasteiger partial charge is 0.494 e. The third-order valence-electron chi connectivity index (χ3n) is 6.16. The number of fused-ring (bicyclic) bond motifs is 1. The van der Waals surface area contributed by atoms with Gasteiger partial charge in [0.05, 0.1) is 19.8 Å². The van der Waals surface area contributed by atoms with Crippen LogP contribution >= 0.6 is 0 Å². The standard InChI is InChI=1S/C24H32N2O3/c1-19-5-2-3-10-25(19)11-4-14-29-23-9-8-20-17-22(7-6-21(20)18-23)24(27)26-12-15-28-16-13-26/h6-9,17-19H,2-5,10-16H2,1H3. The van der Waals surface area contributed by atoms with Crippen molar-refractivity contribution in [1.82, 2.24) is 9.80 Å². The number of carbonyl (C=O) groups is 1. The van der Waals surface area contributed by atoms with Gasteiger partial charge in [-0.15, -0.1) is 0 Å². The first-order chi connectivity index (χ1) is 14.2. The van der Waals surface area contributed by atoms with Gasteiger partial charge in [0.1, 0.15) is 5.75 Å². The maximum absolute atomic E-state index is 12.7. The molecule has 29 heavy (non-hydrogen) atoms. The Kier molecular flexibility index (Phi) is 6.67. The average Bonchev–Trinajstić information content (AvgIpc) is 2.77. The Labute approximate surface area is 173 Å². The molecule has 0 N–H and O–H groups in total. The molecule has 2 aromatic rings. The summed E-state index contributed by atoms with van der Waals surface area (Å²) >= 11 is 0. The van der Waals surface area contributed by atoms with Gasteiger partial charge in [-0.1, -0.05) is 18.6 Å². The number of morpholine rings is 1. The van der Waals surface area contributed by atoms with Crippen LogP contribution in [0.4, 0.5) is 0 Å². The molecule has 2 aliphatic rings. The van der Waals surface area contributed by atoms with E-state index < -0.39 is 0 Å². The molecule has 2 heterocycles. The number of carbonyl (C=O) groups excluding carboxylic acids is 1. The zero-order valence-electron chi connectivity index (χ0n) is 17.4. The summed E-state index contributed by atoms with van der Waals surface area (Å²) < 4.78 is 11.3. The summed E-state index contributed by atoms with van der Waals surface area (Å²) in [6, 6.07) is 12.8. The van der Waals surface area contributed by atoms with E-state index in [1.807, 2.05) is 35.2 Å². The Morgan fingerprint density at radius 3 is 2.69 bits per heavy atom. The van der Waals surface area contributed by atoms with E-state index in [4.69, 9.17) is 9.47 Å². The minimum Gasteiger partial charge on any atom is -0.494 e. The molecule has 0 saturated carbocycles. The Morgan fingerprint density at radius 2 is 1.86 bits per heavy atom. The van der Waals surface area contributed by atoms with Crippen molar-refractivity contribution in [2.24, 2.45) is 0 Å². The van der Waals surface area contributed by atoms with Gasteiger partial charge < -0.3 is 19.3 Å². The molecular weight excluding hydrogens is 364 g/mol. The zero-order valence-corrected chi connectivity index (χ0v) is 17.4. The highest BCUT2D eigenvalue weighted by Crippen LogP contribution is 2.23. The van der Waals surface area contributed by atoms with Crippen molar-refractivity contribution in [3.05, 3.63) is 42.0 Å². The maximum atomic E-state index is 12.7. The number of amides is 1. The van der Waals surface area contributed by atoms with Gasteiger partial charge in [0.2, 0.25) is 0 Å². The summed E-state index contributed by atoms with van der Waals surface area (Å²) in [5.74, 6) is 0.985. The number of hydrogen-bond acceptors (Lipinski definition) is 4. The number of piperidine rings is 1. The molecule has 156 valence electrons. The van der Waals surface area contributed by atoms with Crippen molar-refractivity contribution in [3.63, 3.8) is 0 Å². The Morgan fingerprint density at radius 1 is 1.07 bits per heavy atom. The van der Waals surface area contributed by atoms with E-state index in [-0.39, 0.29) is 5.91 Å². The molecule has 0 aliphatic carbocycles. The van der Waals surface area contributed by atoms with Crippen molar-refractivity contribution in [2.45, 2.75) is 38.6 Å². The molecule has 5 heteroatoms. The predicted octanol–water partition coefficient (Wildman–Crippen LogP) is 3.96. The zero-order chi connectivity index (χ0) is 20.1. The molecular formula is C24H32N2O3.